The number of fused-ring (bicyclic) bond motifs is 1. The van der Waals surface area contributed by atoms with E-state index in [9.17, 15) is 8.78 Å². The van der Waals surface area contributed by atoms with Gasteiger partial charge in [-0.2, -0.15) is 8.78 Å². The van der Waals surface area contributed by atoms with Gasteiger partial charge in [-0.05, 0) is 24.7 Å². The molecule has 0 fully saturated rings. The summed E-state index contributed by atoms with van der Waals surface area (Å²) in [5.74, 6) is 0.309. The van der Waals surface area contributed by atoms with Gasteiger partial charge >= 0.3 is 6.55 Å². The molecule has 0 aliphatic carbocycles. The second-order valence-electron chi connectivity index (χ2n) is 4.72. The van der Waals surface area contributed by atoms with Crippen LogP contribution in [-0.4, -0.2) is 26.1 Å². The Morgan fingerprint density at radius 1 is 1.29 bits per heavy atom. The predicted molar refractivity (Wildman–Crippen MR) is 75.1 cm³/mol. The van der Waals surface area contributed by atoms with E-state index in [1.807, 2.05) is 29.9 Å². The van der Waals surface area contributed by atoms with Crippen LogP contribution in [0.25, 0.3) is 11.0 Å². The van der Waals surface area contributed by atoms with Gasteiger partial charge in [0.2, 0.25) is 0 Å². The van der Waals surface area contributed by atoms with E-state index < -0.39 is 6.55 Å². The fourth-order valence-corrected chi connectivity index (χ4v) is 2.44. The van der Waals surface area contributed by atoms with Crippen LogP contribution in [0.5, 0.6) is 0 Å². The third kappa shape index (κ3) is 2.52. The number of aromatic nitrogens is 4. The number of rotatable bonds is 5. The fraction of sp³-hybridized carbons (Fsp3) is 0.286. The Kier molecular flexibility index (Phi) is 3.66. The molecule has 0 atom stereocenters. The van der Waals surface area contributed by atoms with E-state index >= 15 is 0 Å². The highest BCUT2D eigenvalue weighted by molar-refractivity contribution is 5.80. The van der Waals surface area contributed by atoms with Crippen molar-refractivity contribution in [2.45, 2.75) is 19.6 Å². The molecule has 7 heteroatoms. The van der Waals surface area contributed by atoms with Gasteiger partial charge in [0.15, 0.2) is 0 Å². The van der Waals surface area contributed by atoms with Crippen LogP contribution in [-0.2, 0) is 13.1 Å². The lowest BCUT2D eigenvalue weighted by Crippen LogP contribution is -2.09. The van der Waals surface area contributed by atoms with Crippen molar-refractivity contribution < 1.29 is 8.78 Å². The van der Waals surface area contributed by atoms with Crippen LogP contribution in [0.2, 0.25) is 0 Å². The highest BCUT2D eigenvalue weighted by atomic mass is 19.3. The fourth-order valence-electron chi connectivity index (χ4n) is 2.44. The van der Waals surface area contributed by atoms with Crippen LogP contribution in [0.3, 0.4) is 0 Å². The molecule has 3 aromatic heterocycles. The normalized spacial score (nSPS) is 11.6. The second kappa shape index (κ2) is 5.61. The van der Waals surface area contributed by atoms with Gasteiger partial charge in [-0.3, -0.25) is 4.57 Å². The number of halogens is 2. The zero-order chi connectivity index (χ0) is 14.8. The van der Waals surface area contributed by atoms with Crippen molar-refractivity contribution in [2.75, 3.05) is 7.05 Å². The Hall–Kier alpha value is -2.28. The summed E-state index contributed by atoms with van der Waals surface area (Å²) in [4.78, 5) is 8.36. The first-order valence-electron chi connectivity index (χ1n) is 6.58. The topological polar surface area (TPSA) is 47.7 Å². The van der Waals surface area contributed by atoms with Crippen molar-refractivity contribution in [2.24, 2.45) is 0 Å². The van der Waals surface area contributed by atoms with Crippen molar-refractivity contribution in [3.05, 3.63) is 48.3 Å². The highest BCUT2D eigenvalue weighted by Crippen LogP contribution is 2.21. The Bertz CT molecular complexity index is 747. The van der Waals surface area contributed by atoms with Gasteiger partial charge in [-0.1, -0.05) is 0 Å². The maximum absolute atomic E-state index is 12.9. The van der Waals surface area contributed by atoms with Crippen molar-refractivity contribution in [3.63, 3.8) is 0 Å². The summed E-state index contributed by atoms with van der Waals surface area (Å²) in [5.41, 5.74) is 1.85. The van der Waals surface area contributed by atoms with Gasteiger partial charge in [-0.25, -0.2) is 9.97 Å². The second-order valence-corrected chi connectivity index (χ2v) is 4.72. The third-order valence-electron chi connectivity index (χ3n) is 3.35. The molecular weight excluding hydrogens is 276 g/mol. The maximum Gasteiger partial charge on any atom is 0.319 e. The van der Waals surface area contributed by atoms with Gasteiger partial charge in [0.05, 0.1) is 6.54 Å². The van der Waals surface area contributed by atoms with Crippen molar-refractivity contribution in [1.29, 1.82) is 0 Å². The molecule has 21 heavy (non-hydrogen) atoms. The average molecular weight is 291 g/mol. The van der Waals surface area contributed by atoms with E-state index in [0.717, 1.165) is 21.2 Å². The Morgan fingerprint density at radius 3 is 2.90 bits per heavy atom. The van der Waals surface area contributed by atoms with E-state index in [1.54, 1.807) is 6.20 Å². The predicted octanol–water partition coefficient (Wildman–Crippen LogP) is 2.40. The number of hydrogen-bond donors (Lipinski definition) is 1. The molecule has 0 aliphatic rings. The van der Waals surface area contributed by atoms with E-state index in [0.29, 0.717) is 12.4 Å². The van der Waals surface area contributed by atoms with Gasteiger partial charge in [0.1, 0.15) is 11.5 Å². The summed E-state index contributed by atoms with van der Waals surface area (Å²) in [7, 11) is 1.86. The van der Waals surface area contributed by atoms with Crippen LogP contribution >= 0.6 is 0 Å². The molecule has 0 spiro atoms. The SMILES string of the molecule is CNCc1cn(Cc2nccn2C(F)F)c2ncccc12. The molecule has 3 rings (SSSR count). The van der Waals surface area contributed by atoms with Crippen LogP contribution in [0.15, 0.2) is 36.9 Å². The first kappa shape index (κ1) is 13.7. The molecular formula is C14H15F2N5. The number of pyridine rings is 1. The summed E-state index contributed by atoms with van der Waals surface area (Å²) >= 11 is 0. The smallest absolute Gasteiger partial charge is 0.319 e. The molecule has 0 saturated carbocycles. The molecule has 5 nitrogen and oxygen atoms in total. The molecule has 0 saturated heterocycles. The zero-order valence-electron chi connectivity index (χ0n) is 11.5. The van der Waals surface area contributed by atoms with E-state index in [2.05, 4.69) is 15.3 Å². The third-order valence-corrected chi connectivity index (χ3v) is 3.35. The van der Waals surface area contributed by atoms with Gasteiger partial charge < -0.3 is 9.88 Å². The molecule has 0 radical (unpaired) electrons. The first-order valence-corrected chi connectivity index (χ1v) is 6.58. The summed E-state index contributed by atoms with van der Waals surface area (Å²) in [6.45, 7) is -1.64. The maximum atomic E-state index is 12.9. The lowest BCUT2D eigenvalue weighted by atomic mass is 10.2. The van der Waals surface area contributed by atoms with Gasteiger partial charge in [0, 0.05) is 36.7 Å². The molecule has 0 aromatic carbocycles. The summed E-state index contributed by atoms with van der Waals surface area (Å²) < 4.78 is 28.5. The Labute approximate surface area is 120 Å². The molecule has 0 bridgehead atoms. The van der Waals surface area contributed by atoms with E-state index in [4.69, 9.17) is 0 Å². The van der Waals surface area contributed by atoms with Gasteiger partial charge in [-0.15, -0.1) is 0 Å². The number of alkyl halides is 2. The van der Waals surface area contributed by atoms with Gasteiger partial charge in [0.25, 0.3) is 0 Å². The van der Waals surface area contributed by atoms with Crippen LogP contribution in [0.4, 0.5) is 8.78 Å². The molecule has 3 heterocycles. The Balaban J connectivity index is 2.02. The summed E-state index contributed by atoms with van der Waals surface area (Å²) in [5, 5.41) is 4.11. The van der Waals surface area contributed by atoms with Crippen molar-refractivity contribution in [1.82, 2.24) is 24.4 Å². The first-order chi connectivity index (χ1) is 10.2. The monoisotopic (exact) mass is 291 g/mol. The van der Waals surface area contributed by atoms with Crippen LogP contribution in [0.1, 0.15) is 17.9 Å². The molecule has 0 amide bonds. The van der Waals surface area contributed by atoms with E-state index in [1.165, 1.54) is 12.4 Å². The number of hydrogen-bond acceptors (Lipinski definition) is 3. The summed E-state index contributed by atoms with van der Waals surface area (Å²) in [6.07, 6.45) is 6.29. The quantitative estimate of drug-likeness (QED) is 0.785. The minimum absolute atomic E-state index is 0.258. The number of nitrogens with zero attached hydrogens (tertiary/aromatic N) is 4. The van der Waals surface area contributed by atoms with E-state index in [-0.39, 0.29) is 6.54 Å². The lowest BCUT2D eigenvalue weighted by molar-refractivity contribution is 0.0667. The molecule has 3 aromatic rings. The Morgan fingerprint density at radius 2 is 2.14 bits per heavy atom. The number of nitrogens with one attached hydrogen (secondary N) is 1. The standard InChI is InChI=1S/C14H15F2N5/c1-17-7-10-8-20(13-11(10)3-2-4-19-13)9-12-18-5-6-21(12)14(15)16/h2-6,8,14,17H,7,9H2,1H3. The van der Waals surface area contributed by atoms with Crippen LogP contribution < -0.4 is 5.32 Å². The minimum Gasteiger partial charge on any atom is -0.325 e. The lowest BCUT2D eigenvalue weighted by Gasteiger charge is -2.07. The van der Waals surface area contributed by atoms with Crippen LogP contribution in [0, 0.1) is 0 Å². The van der Waals surface area contributed by atoms with Crippen molar-refractivity contribution in [3.8, 4) is 0 Å². The largest absolute Gasteiger partial charge is 0.325 e. The summed E-state index contributed by atoms with van der Waals surface area (Å²) in [6, 6.07) is 3.84. The number of imidazole rings is 1. The van der Waals surface area contributed by atoms with Crippen molar-refractivity contribution >= 4 is 11.0 Å². The average Bonchev–Trinajstić information content (AvgIpc) is 3.06. The molecule has 110 valence electrons. The molecule has 0 aliphatic heterocycles. The highest BCUT2D eigenvalue weighted by Gasteiger charge is 2.14. The minimum atomic E-state index is -2.59. The zero-order valence-corrected chi connectivity index (χ0v) is 11.5. The molecule has 1 N–H and O–H groups in total. The molecule has 0 unspecified atom stereocenters.